The second-order valence-electron chi connectivity index (χ2n) is 9.15. The molecule has 1 aliphatic heterocycles. The highest BCUT2D eigenvalue weighted by molar-refractivity contribution is 5.96. The van der Waals surface area contributed by atoms with Gasteiger partial charge >= 0.3 is 5.97 Å². The fourth-order valence-corrected chi connectivity index (χ4v) is 5.02. The van der Waals surface area contributed by atoms with Gasteiger partial charge in [0.1, 0.15) is 0 Å². The Bertz CT molecular complexity index is 1200. The van der Waals surface area contributed by atoms with E-state index in [0.29, 0.717) is 18.2 Å². The Kier molecular flexibility index (Phi) is 5.08. The van der Waals surface area contributed by atoms with Gasteiger partial charge in [0, 0.05) is 29.1 Å². The number of carbonyl (C=O) groups excluding carboxylic acids is 1. The molecule has 5 rings (SSSR count). The lowest BCUT2D eigenvalue weighted by molar-refractivity contribution is -0.149. The van der Waals surface area contributed by atoms with Crippen LogP contribution in [0.5, 0.6) is 0 Å². The van der Waals surface area contributed by atoms with E-state index >= 15 is 0 Å². The molecule has 0 amide bonds. The van der Waals surface area contributed by atoms with Crippen LogP contribution in [0.2, 0.25) is 0 Å². The first-order valence-electron chi connectivity index (χ1n) is 11.2. The van der Waals surface area contributed by atoms with Crippen molar-refractivity contribution in [2.24, 2.45) is 5.92 Å². The number of hydrogen-bond acceptors (Lipinski definition) is 5. The van der Waals surface area contributed by atoms with E-state index in [1.165, 1.54) is 7.11 Å². The van der Waals surface area contributed by atoms with Gasteiger partial charge < -0.3 is 14.0 Å². The van der Waals surface area contributed by atoms with E-state index in [2.05, 4.69) is 31.1 Å². The summed E-state index contributed by atoms with van der Waals surface area (Å²) in [6.45, 7) is 4.95. The molecule has 1 aromatic carbocycles. The molecule has 7 nitrogen and oxygen atoms in total. The monoisotopic (exact) mass is 423 g/mol. The second kappa shape index (κ2) is 7.79. The number of methoxy groups -OCH3 is 1. The SMILES string of the molecule is COC(=O)C1CC(n2c(C(C)C)cc3cc4cnn(C5CCCCO5)c4cc3c2=O)C1. The van der Waals surface area contributed by atoms with Crippen LogP contribution in [-0.4, -0.2) is 34.0 Å². The number of benzene rings is 1. The molecule has 1 atom stereocenters. The number of aromatic nitrogens is 3. The van der Waals surface area contributed by atoms with Crippen molar-refractivity contribution < 1.29 is 14.3 Å². The number of ether oxygens (including phenoxy) is 2. The molecule has 31 heavy (non-hydrogen) atoms. The maximum atomic E-state index is 13.7. The quantitative estimate of drug-likeness (QED) is 0.585. The molecule has 164 valence electrons. The van der Waals surface area contributed by atoms with E-state index in [4.69, 9.17) is 9.47 Å². The van der Waals surface area contributed by atoms with E-state index in [0.717, 1.165) is 47.9 Å². The van der Waals surface area contributed by atoms with Gasteiger partial charge in [0.05, 0.1) is 24.7 Å². The van der Waals surface area contributed by atoms with Crippen LogP contribution in [0.3, 0.4) is 0 Å². The Hall–Kier alpha value is -2.67. The lowest BCUT2D eigenvalue weighted by atomic mass is 9.79. The van der Waals surface area contributed by atoms with Crippen molar-refractivity contribution in [1.82, 2.24) is 14.3 Å². The van der Waals surface area contributed by atoms with E-state index in [9.17, 15) is 9.59 Å². The summed E-state index contributed by atoms with van der Waals surface area (Å²) in [7, 11) is 1.42. The van der Waals surface area contributed by atoms with E-state index < -0.39 is 0 Å². The summed E-state index contributed by atoms with van der Waals surface area (Å²) in [5.41, 5.74) is 1.95. The van der Waals surface area contributed by atoms with Crippen LogP contribution in [0.25, 0.3) is 21.7 Å². The zero-order valence-electron chi connectivity index (χ0n) is 18.3. The van der Waals surface area contributed by atoms with Crippen molar-refractivity contribution in [3.8, 4) is 0 Å². The first kappa shape index (κ1) is 20.2. The normalized spacial score (nSPS) is 23.9. The smallest absolute Gasteiger partial charge is 0.308 e. The summed E-state index contributed by atoms with van der Waals surface area (Å²) in [5.74, 6) is -0.109. The topological polar surface area (TPSA) is 75.3 Å². The third-order valence-electron chi connectivity index (χ3n) is 6.83. The zero-order chi connectivity index (χ0) is 21.7. The molecule has 0 N–H and O–H groups in total. The van der Waals surface area contributed by atoms with Crippen molar-refractivity contribution in [3.63, 3.8) is 0 Å². The number of rotatable bonds is 4. The Balaban J connectivity index is 1.62. The molecule has 7 heteroatoms. The second-order valence-corrected chi connectivity index (χ2v) is 9.15. The Morgan fingerprint density at radius 3 is 2.68 bits per heavy atom. The van der Waals surface area contributed by atoms with E-state index in [-0.39, 0.29) is 35.6 Å². The Morgan fingerprint density at radius 2 is 2.00 bits per heavy atom. The highest BCUT2D eigenvalue weighted by Crippen LogP contribution is 2.40. The van der Waals surface area contributed by atoms with Crippen molar-refractivity contribution in [1.29, 1.82) is 0 Å². The van der Waals surface area contributed by atoms with Gasteiger partial charge in [-0.15, -0.1) is 0 Å². The molecule has 1 aliphatic carbocycles. The number of esters is 1. The molecule has 3 aromatic rings. The van der Waals surface area contributed by atoms with Crippen molar-refractivity contribution in [2.75, 3.05) is 13.7 Å². The molecule has 0 spiro atoms. The predicted molar refractivity (Wildman–Crippen MR) is 118 cm³/mol. The number of hydrogen-bond donors (Lipinski definition) is 0. The van der Waals surface area contributed by atoms with Gasteiger partial charge in [0.15, 0.2) is 6.23 Å². The maximum absolute atomic E-state index is 13.7. The highest BCUT2D eigenvalue weighted by atomic mass is 16.5. The number of pyridine rings is 1. The zero-order valence-corrected chi connectivity index (χ0v) is 18.3. The van der Waals surface area contributed by atoms with Crippen LogP contribution in [0.1, 0.15) is 69.8 Å². The van der Waals surface area contributed by atoms with Crippen molar-refractivity contribution in [3.05, 3.63) is 40.4 Å². The summed E-state index contributed by atoms with van der Waals surface area (Å²) in [6, 6.07) is 6.18. The van der Waals surface area contributed by atoms with Gasteiger partial charge in [-0.3, -0.25) is 9.59 Å². The van der Waals surface area contributed by atoms with Crippen LogP contribution in [0.15, 0.2) is 29.2 Å². The predicted octanol–water partition coefficient (Wildman–Crippen LogP) is 4.30. The molecule has 1 saturated heterocycles. The van der Waals surface area contributed by atoms with Gasteiger partial charge in [0.25, 0.3) is 5.56 Å². The number of fused-ring (bicyclic) bond motifs is 2. The van der Waals surface area contributed by atoms with Crippen LogP contribution in [-0.2, 0) is 14.3 Å². The maximum Gasteiger partial charge on any atom is 0.308 e. The summed E-state index contributed by atoms with van der Waals surface area (Å²) >= 11 is 0. The van der Waals surface area contributed by atoms with Crippen LogP contribution >= 0.6 is 0 Å². The first-order chi connectivity index (χ1) is 15.0. The molecule has 0 bridgehead atoms. The summed E-state index contributed by atoms with van der Waals surface area (Å²) < 4.78 is 14.6. The molecule has 3 heterocycles. The minimum atomic E-state index is -0.186. The van der Waals surface area contributed by atoms with Crippen molar-refractivity contribution in [2.45, 2.75) is 64.1 Å². The molecule has 2 fully saturated rings. The van der Waals surface area contributed by atoms with Crippen LogP contribution < -0.4 is 5.56 Å². The lowest BCUT2D eigenvalue weighted by Crippen LogP contribution is -2.39. The fraction of sp³-hybridized carbons (Fsp3) is 0.542. The minimum absolute atomic E-state index is 0.00808. The summed E-state index contributed by atoms with van der Waals surface area (Å²) in [5, 5.41) is 7.23. The van der Waals surface area contributed by atoms with Gasteiger partial charge in [-0.05, 0) is 61.6 Å². The summed E-state index contributed by atoms with van der Waals surface area (Å²) in [4.78, 5) is 25.5. The Morgan fingerprint density at radius 1 is 1.19 bits per heavy atom. The molecule has 0 radical (unpaired) electrons. The van der Waals surface area contributed by atoms with E-state index in [1.807, 2.05) is 21.5 Å². The van der Waals surface area contributed by atoms with Crippen LogP contribution in [0, 0.1) is 5.92 Å². The van der Waals surface area contributed by atoms with Gasteiger partial charge in [0.2, 0.25) is 0 Å². The summed E-state index contributed by atoms with van der Waals surface area (Å²) in [6.07, 6.45) is 6.21. The Labute approximate surface area is 180 Å². The minimum Gasteiger partial charge on any atom is -0.469 e. The third-order valence-corrected chi connectivity index (χ3v) is 6.83. The number of carbonyl (C=O) groups is 1. The molecule has 1 saturated carbocycles. The van der Waals surface area contributed by atoms with Gasteiger partial charge in [-0.25, -0.2) is 4.68 Å². The standard InChI is InChI=1S/C24H29N3O4/c1-14(2)20-11-15-8-17-13-25-27(22-6-4-5-7-31-22)21(17)12-19(15)23(28)26(20)18-9-16(10-18)24(29)30-3/h8,11-14,16,18,22H,4-7,9-10H2,1-3H3. The average Bonchev–Trinajstić information content (AvgIpc) is 3.16. The van der Waals surface area contributed by atoms with Gasteiger partial charge in [-0.2, -0.15) is 5.10 Å². The van der Waals surface area contributed by atoms with E-state index in [1.54, 1.807) is 0 Å². The lowest BCUT2D eigenvalue weighted by Gasteiger charge is -2.36. The molecule has 1 unspecified atom stereocenters. The fourth-order valence-electron chi connectivity index (χ4n) is 5.02. The van der Waals surface area contributed by atoms with Crippen LogP contribution in [0.4, 0.5) is 0 Å². The van der Waals surface area contributed by atoms with Crippen molar-refractivity contribution >= 4 is 27.6 Å². The molecule has 2 aromatic heterocycles. The molecule has 2 aliphatic rings. The largest absolute Gasteiger partial charge is 0.469 e. The first-order valence-corrected chi connectivity index (χ1v) is 11.2. The highest BCUT2D eigenvalue weighted by Gasteiger charge is 2.38. The molecular weight excluding hydrogens is 394 g/mol. The van der Waals surface area contributed by atoms with Gasteiger partial charge in [-0.1, -0.05) is 13.8 Å². The number of nitrogens with zero attached hydrogens (tertiary/aromatic N) is 3. The average molecular weight is 424 g/mol. The molecular formula is C24H29N3O4. The third kappa shape index (κ3) is 3.35.